The largest absolute Gasteiger partial charge is 0.447 e. The summed E-state index contributed by atoms with van der Waals surface area (Å²) in [6.45, 7) is 0. The number of thioether (sulfide) groups is 1. The maximum atomic E-state index is 15.2. The summed E-state index contributed by atoms with van der Waals surface area (Å²) in [4.78, 5) is 10.6. The van der Waals surface area contributed by atoms with Gasteiger partial charge in [0.05, 0.1) is 28.2 Å². The van der Waals surface area contributed by atoms with Gasteiger partial charge in [-0.05, 0) is 36.1 Å². The normalized spacial score (nSPS) is 10.3. The highest BCUT2D eigenvalue weighted by Crippen LogP contribution is 2.37. The Morgan fingerprint density at radius 1 is 1.23 bits per heavy atom. The number of nitrogens with zero attached hydrogens (tertiary/aromatic N) is 6. The van der Waals surface area contributed by atoms with E-state index >= 15 is 4.39 Å². The molecule has 0 saturated heterocycles. The number of hydrogen-bond donors (Lipinski definition) is 0. The summed E-state index contributed by atoms with van der Waals surface area (Å²) in [5.41, 5.74) is -0.255. The Hall–Kier alpha value is -3.96. The third-order valence-electron chi connectivity index (χ3n) is 4.19. The standard InChI is InChI=1S/C19H13FN6O3S/c1-25-16(23-24-19(25)30-2)8-13-3-4-15(26(27)28)18(17(13)20)29-14-6-11(9-21)5-12(7-14)10-22/h3-7H,8H2,1-2H3. The number of halogens is 1. The molecule has 0 radical (unpaired) electrons. The van der Waals surface area contributed by atoms with E-state index in [1.807, 2.05) is 18.4 Å². The first-order valence-electron chi connectivity index (χ1n) is 8.39. The van der Waals surface area contributed by atoms with Crippen molar-refractivity contribution in [2.24, 2.45) is 7.05 Å². The number of nitriles is 2. The molecule has 0 unspecified atom stereocenters. The third-order valence-corrected chi connectivity index (χ3v) is 4.91. The zero-order valence-corrected chi connectivity index (χ0v) is 16.6. The van der Waals surface area contributed by atoms with Gasteiger partial charge < -0.3 is 9.30 Å². The Kier molecular flexibility index (Phi) is 5.95. The molecule has 0 aliphatic heterocycles. The molecule has 0 aliphatic rings. The van der Waals surface area contributed by atoms with Crippen molar-refractivity contribution in [3.63, 3.8) is 0 Å². The van der Waals surface area contributed by atoms with E-state index in [0.29, 0.717) is 11.0 Å². The van der Waals surface area contributed by atoms with Gasteiger partial charge in [0.15, 0.2) is 11.0 Å². The highest BCUT2D eigenvalue weighted by molar-refractivity contribution is 7.98. The predicted molar refractivity (Wildman–Crippen MR) is 105 cm³/mol. The Labute approximate surface area is 174 Å². The topological polar surface area (TPSA) is 131 Å². The van der Waals surface area contributed by atoms with Crippen LogP contribution in [0.25, 0.3) is 0 Å². The second kappa shape index (κ2) is 8.59. The van der Waals surface area contributed by atoms with Crippen LogP contribution in [-0.2, 0) is 13.5 Å². The van der Waals surface area contributed by atoms with Crippen molar-refractivity contribution in [2.45, 2.75) is 11.6 Å². The highest BCUT2D eigenvalue weighted by Gasteiger charge is 2.25. The van der Waals surface area contributed by atoms with Gasteiger partial charge in [-0.3, -0.25) is 10.1 Å². The number of rotatable bonds is 6. The molecule has 1 heterocycles. The quantitative estimate of drug-likeness (QED) is 0.332. The van der Waals surface area contributed by atoms with E-state index in [4.69, 9.17) is 15.3 Å². The molecule has 3 rings (SSSR count). The molecule has 0 bridgehead atoms. The molecule has 0 N–H and O–H groups in total. The van der Waals surface area contributed by atoms with Crippen LogP contribution in [0.3, 0.4) is 0 Å². The second-order valence-corrected chi connectivity index (χ2v) is 6.83. The van der Waals surface area contributed by atoms with Gasteiger partial charge in [0.1, 0.15) is 11.6 Å². The number of nitro benzene ring substituents is 1. The SMILES string of the molecule is CSc1nnc(Cc2ccc([N+](=O)[O-])c(Oc3cc(C#N)cc(C#N)c3)c2F)n1C. The van der Waals surface area contributed by atoms with E-state index in [0.717, 1.165) is 6.07 Å². The van der Waals surface area contributed by atoms with Gasteiger partial charge in [-0.1, -0.05) is 11.8 Å². The molecule has 0 spiro atoms. The van der Waals surface area contributed by atoms with Crippen LogP contribution >= 0.6 is 11.8 Å². The van der Waals surface area contributed by atoms with Crippen LogP contribution in [0.4, 0.5) is 10.1 Å². The lowest BCUT2D eigenvalue weighted by atomic mass is 10.1. The second-order valence-electron chi connectivity index (χ2n) is 6.05. The van der Waals surface area contributed by atoms with Crippen LogP contribution in [0, 0.1) is 38.6 Å². The molecule has 0 saturated carbocycles. The zero-order valence-electron chi connectivity index (χ0n) is 15.8. The fourth-order valence-electron chi connectivity index (χ4n) is 2.72. The molecule has 3 aromatic rings. The van der Waals surface area contributed by atoms with Crippen molar-refractivity contribution in [3.05, 3.63) is 68.8 Å². The van der Waals surface area contributed by atoms with E-state index in [-0.39, 0.29) is 28.9 Å². The maximum absolute atomic E-state index is 15.2. The first kappa shape index (κ1) is 20.8. The predicted octanol–water partition coefficient (Wildman–Crippen LogP) is 3.71. The Balaban J connectivity index is 2.06. The minimum absolute atomic E-state index is 0.0337. The Morgan fingerprint density at radius 2 is 1.90 bits per heavy atom. The molecule has 2 aromatic carbocycles. The van der Waals surface area contributed by atoms with Crippen LogP contribution in [0.5, 0.6) is 11.5 Å². The van der Waals surface area contributed by atoms with E-state index in [1.165, 1.54) is 36.0 Å². The van der Waals surface area contributed by atoms with Crippen molar-refractivity contribution >= 4 is 17.4 Å². The van der Waals surface area contributed by atoms with Crippen molar-refractivity contribution in [1.29, 1.82) is 10.5 Å². The summed E-state index contributed by atoms with van der Waals surface area (Å²) in [7, 11) is 1.73. The van der Waals surface area contributed by atoms with Gasteiger partial charge in [-0.2, -0.15) is 10.5 Å². The van der Waals surface area contributed by atoms with Gasteiger partial charge >= 0.3 is 5.69 Å². The minimum atomic E-state index is -0.932. The van der Waals surface area contributed by atoms with Crippen molar-refractivity contribution < 1.29 is 14.1 Å². The number of nitro groups is 1. The first-order chi connectivity index (χ1) is 14.4. The molecule has 150 valence electrons. The molecule has 30 heavy (non-hydrogen) atoms. The molecular formula is C19H13FN6O3S. The molecule has 0 fully saturated rings. The fraction of sp³-hybridized carbons (Fsp3) is 0.158. The van der Waals surface area contributed by atoms with Crippen LogP contribution in [0.15, 0.2) is 35.5 Å². The average molecular weight is 424 g/mol. The lowest BCUT2D eigenvalue weighted by Gasteiger charge is -2.11. The minimum Gasteiger partial charge on any atom is -0.447 e. The van der Waals surface area contributed by atoms with E-state index < -0.39 is 22.2 Å². The van der Waals surface area contributed by atoms with Crippen LogP contribution in [0.1, 0.15) is 22.5 Å². The van der Waals surface area contributed by atoms with Gasteiger partial charge in [-0.25, -0.2) is 4.39 Å². The maximum Gasteiger partial charge on any atom is 0.314 e. The number of aromatic nitrogens is 3. The highest BCUT2D eigenvalue weighted by atomic mass is 32.2. The molecule has 0 aliphatic carbocycles. The third kappa shape index (κ3) is 4.06. The molecule has 0 amide bonds. The van der Waals surface area contributed by atoms with E-state index in [2.05, 4.69) is 10.2 Å². The van der Waals surface area contributed by atoms with Crippen molar-refractivity contribution in [3.8, 4) is 23.6 Å². The molecule has 9 nitrogen and oxygen atoms in total. The summed E-state index contributed by atoms with van der Waals surface area (Å²) in [5, 5.41) is 38.2. The summed E-state index contributed by atoms with van der Waals surface area (Å²) in [6, 6.07) is 10.0. The van der Waals surface area contributed by atoms with Crippen molar-refractivity contribution in [2.75, 3.05) is 6.26 Å². The summed E-state index contributed by atoms with van der Waals surface area (Å²) < 4.78 is 22.4. The van der Waals surface area contributed by atoms with Gasteiger partial charge in [0.2, 0.25) is 5.75 Å². The summed E-state index contributed by atoms with van der Waals surface area (Å²) >= 11 is 1.38. The van der Waals surface area contributed by atoms with Gasteiger partial charge in [-0.15, -0.1) is 10.2 Å². The van der Waals surface area contributed by atoms with Crippen LogP contribution < -0.4 is 4.74 Å². The van der Waals surface area contributed by atoms with E-state index in [9.17, 15) is 10.1 Å². The number of ether oxygens (including phenoxy) is 1. The van der Waals surface area contributed by atoms with Gasteiger partial charge in [0.25, 0.3) is 0 Å². The molecule has 11 heteroatoms. The Morgan fingerprint density at radius 3 is 2.43 bits per heavy atom. The van der Waals surface area contributed by atoms with E-state index in [1.54, 1.807) is 11.6 Å². The molecular weight excluding hydrogens is 411 g/mol. The van der Waals surface area contributed by atoms with Crippen LogP contribution in [0.2, 0.25) is 0 Å². The molecule has 0 atom stereocenters. The van der Waals surface area contributed by atoms with Crippen LogP contribution in [-0.4, -0.2) is 25.9 Å². The summed E-state index contributed by atoms with van der Waals surface area (Å²) in [6.07, 6.45) is 1.86. The lowest BCUT2D eigenvalue weighted by molar-refractivity contribution is -0.385. The number of benzene rings is 2. The molecule has 1 aromatic heterocycles. The average Bonchev–Trinajstić information content (AvgIpc) is 3.09. The number of hydrogen-bond acceptors (Lipinski definition) is 8. The summed E-state index contributed by atoms with van der Waals surface area (Å²) in [5.74, 6) is -1.13. The monoisotopic (exact) mass is 424 g/mol. The fourth-order valence-corrected chi connectivity index (χ4v) is 3.22. The Bertz CT molecular complexity index is 1200. The van der Waals surface area contributed by atoms with Gasteiger partial charge in [0, 0.05) is 19.5 Å². The first-order valence-corrected chi connectivity index (χ1v) is 9.61. The lowest BCUT2D eigenvalue weighted by Crippen LogP contribution is -2.04. The zero-order chi connectivity index (χ0) is 21.8. The van der Waals surface area contributed by atoms with Crippen molar-refractivity contribution in [1.82, 2.24) is 14.8 Å². The smallest absolute Gasteiger partial charge is 0.314 e.